The van der Waals surface area contributed by atoms with Gasteiger partial charge >= 0.3 is 0 Å². The summed E-state index contributed by atoms with van der Waals surface area (Å²) in [5.74, 6) is 0.203. The Bertz CT molecular complexity index is 754. The smallest absolute Gasteiger partial charge is 0.251 e. The van der Waals surface area contributed by atoms with E-state index < -0.39 is 0 Å². The van der Waals surface area contributed by atoms with Crippen LogP contribution in [0.3, 0.4) is 0 Å². The number of nitrogens with one attached hydrogen (secondary N) is 2. The van der Waals surface area contributed by atoms with Crippen molar-refractivity contribution < 1.29 is 14.3 Å². The first-order valence-electron chi connectivity index (χ1n) is 8.19. The summed E-state index contributed by atoms with van der Waals surface area (Å²) in [5.41, 5.74) is 3.60. The van der Waals surface area contributed by atoms with Gasteiger partial charge in [-0.2, -0.15) is 0 Å². The average molecular weight is 340 g/mol. The first kappa shape index (κ1) is 18.5. The molecule has 0 unspecified atom stereocenters. The molecule has 0 radical (unpaired) electrons. The summed E-state index contributed by atoms with van der Waals surface area (Å²) >= 11 is 0. The van der Waals surface area contributed by atoms with Crippen molar-refractivity contribution in [3.8, 4) is 5.75 Å². The first-order valence-corrected chi connectivity index (χ1v) is 8.19. The molecule has 0 aliphatic rings. The fraction of sp³-hybridized carbons (Fsp3) is 0.300. The van der Waals surface area contributed by atoms with Gasteiger partial charge in [0, 0.05) is 11.1 Å². The van der Waals surface area contributed by atoms with Crippen LogP contribution >= 0.6 is 0 Å². The van der Waals surface area contributed by atoms with E-state index in [9.17, 15) is 9.59 Å². The molecule has 2 N–H and O–H groups in total. The molecule has 2 rings (SSSR count). The first-order chi connectivity index (χ1) is 11.9. The van der Waals surface area contributed by atoms with Crippen LogP contribution in [0.15, 0.2) is 42.5 Å². The highest BCUT2D eigenvalue weighted by Crippen LogP contribution is 2.25. The predicted molar refractivity (Wildman–Crippen MR) is 97.8 cm³/mol. The largest absolute Gasteiger partial charge is 0.496 e. The molecule has 0 aromatic heterocycles. The third-order valence-electron chi connectivity index (χ3n) is 3.95. The number of methoxy groups -OCH3 is 1. The maximum Gasteiger partial charge on any atom is 0.251 e. The van der Waals surface area contributed by atoms with Crippen LogP contribution in [0, 0.1) is 13.8 Å². The minimum absolute atomic E-state index is 0.0782. The lowest BCUT2D eigenvalue weighted by Crippen LogP contribution is -2.38. The zero-order valence-corrected chi connectivity index (χ0v) is 15.1. The fourth-order valence-corrected chi connectivity index (χ4v) is 2.53. The lowest BCUT2D eigenvalue weighted by atomic mass is 10.0. The third-order valence-corrected chi connectivity index (χ3v) is 3.95. The van der Waals surface area contributed by atoms with E-state index in [2.05, 4.69) is 10.6 Å². The number of rotatable bonds is 6. The number of hydrogen-bond donors (Lipinski definition) is 2. The Hall–Kier alpha value is -2.82. The Kier molecular flexibility index (Phi) is 6.17. The molecule has 132 valence electrons. The molecule has 0 heterocycles. The Balaban J connectivity index is 1.92. The molecule has 0 aliphatic carbocycles. The highest BCUT2D eigenvalue weighted by atomic mass is 16.5. The summed E-state index contributed by atoms with van der Waals surface area (Å²) in [6.07, 6.45) is 0. The number of aryl methyl sites for hydroxylation is 2. The van der Waals surface area contributed by atoms with Gasteiger partial charge in [-0.05, 0) is 39.0 Å². The number of carbonyl (C=O) groups excluding carboxylic acids is 2. The average Bonchev–Trinajstić information content (AvgIpc) is 2.60. The van der Waals surface area contributed by atoms with Gasteiger partial charge in [-0.3, -0.25) is 9.59 Å². The standard InChI is InChI=1S/C20H24N2O3/c1-13-5-8-16(9-6-13)20(24)21-12-19(23)22-15(3)17-11-14(2)7-10-18(17)25-4/h5-11,15H,12H2,1-4H3,(H,21,24)(H,22,23)/t15-/m0/s1. The van der Waals surface area contributed by atoms with Crippen molar-refractivity contribution in [2.24, 2.45) is 0 Å². The summed E-state index contributed by atoms with van der Waals surface area (Å²) in [4.78, 5) is 24.2. The van der Waals surface area contributed by atoms with Crippen LogP contribution in [0.1, 0.15) is 40.0 Å². The monoisotopic (exact) mass is 340 g/mol. The van der Waals surface area contributed by atoms with Gasteiger partial charge in [-0.1, -0.05) is 35.4 Å². The maximum atomic E-state index is 12.1. The summed E-state index contributed by atoms with van der Waals surface area (Å²) in [7, 11) is 1.60. The minimum Gasteiger partial charge on any atom is -0.496 e. The maximum absolute atomic E-state index is 12.1. The predicted octanol–water partition coefficient (Wildman–Crippen LogP) is 2.92. The SMILES string of the molecule is COc1ccc(C)cc1[C@H](C)NC(=O)CNC(=O)c1ccc(C)cc1. The number of amides is 2. The van der Waals surface area contributed by atoms with Gasteiger partial charge in [-0.15, -0.1) is 0 Å². The quantitative estimate of drug-likeness (QED) is 0.850. The molecule has 2 aromatic carbocycles. The fourth-order valence-electron chi connectivity index (χ4n) is 2.53. The van der Waals surface area contributed by atoms with Gasteiger partial charge in [-0.25, -0.2) is 0 Å². The van der Waals surface area contributed by atoms with E-state index in [1.165, 1.54) is 0 Å². The van der Waals surface area contributed by atoms with Crippen LogP contribution in [0.4, 0.5) is 0 Å². The number of ether oxygens (including phenoxy) is 1. The second-order valence-electron chi connectivity index (χ2n) is 6.08. The van der Waals surface area contributed by atoms with E-state index >= 15 is 0 Å². The van der Waals surface area contributed by atoms with Crippen molar-refractivity contribution in [3.63, 3.8) is 0 Å². The van der Waals surface area contributed by atoms with Gasteiger partial charge in [0.1, 0.15) is 5.75 Å². The lowest BCUT2D eigenvalue weighted by molar-refractivity contribution is -0.120. The molecule has 0 aliphatic heterocycles. The molecule has 0 fully saturated rings. The van der Waals surface area contributed by atoms with Crippen molar-refractivity contribution in [1.29, 1.82) is 0 Å². The molecule has 25 heavy (non-hydrogen) atoms. The van der Waals surface area contributed by atoms with E-state index in [-0.39, 0.29) is 24.4 Å². The van der Waals surface area contributed by atoms with E-state index in [0.29, 0.717) is 5.56 Å². The topological polar surface area (TPSA) is 67.4 Å². The van der Waals surface area contributed by atoms with Crippen molar-refractivity contribution in [3.05, 3.63) is 64.7 Å². The summed E-state index contributed by atoms with van der Waals surface area (Å²) in [6, 6.07) is 12.8. The van der Waals surface area contributed by atoms with Crippen LogP contribution < -0.4 is 15.4 Å². The molecule has 0 saturated heterocycles. The van der Waals surface area contributed by atoms with Crippen molar-refractivity contribution in [2.75, 3.05) is 13.7 Å². The zero-order chi connectivity index (χ0) is 18.4. The highest BCUT2D eigenvalue weighted by Gasteiger charge is 2.15. The molecule has 5 heteroatoms. The second-order valence-corrected chi connectivity index (χ2v) is 6.08. The van der Waals surface area contributed by atoms with E-state index in [1.807, 2.05) is 51.1 Å². The molecular formula is C20H24N2O3. The summed E-state index contributed by atoms with van der Waals surface area (Å²) < 4.78 is 5.35. The van der Waals surface area contributed by atoms with Gasteiger partial charge in [0.05, 0.1) is 19.7 Å². The molecule has 0 spiro atoms. The molecule has 0 bridgehead atoms. The highest BCUT2D eigenvalue weighted by molar-refractivity contribution is 5.96. The van der Waals surface area contributed by atoms with Gasteiger partial charge in [0.2, 0.25) is 5.91 Å². The number of hydrogen-bond acceptors (Lipinski definition) is 3. The Morgan fingerprint density at radius 3 is 2.32 bits per heavy atom. The molecule has 5 nitrogen and oxygen atoms in total. The normalized spacial score (nSPS) is 11.5. The van der Waals surface area contributed by atoms with Crippen LogP contribution in [-0.4, -0.2) is 25.5 Å². The number of carbonyl (C=O) groups is 2. The third kappa shape index (κ3) is 5.08. The van der Waals surface area contributed by atoms with Crippen LogP contribution in [0.5, 0.6) is 5.75 Å². The van der Waals surface area contributed by atoms with Crippen LogP contribution in [-0.2, 0) is 4.79 Å². The van der Waals surface area contributed by atoms with Crippen molar-refractivity contribution in [1.82, 2.24) is 10.6 Å². The Morgan fingerprint density at radius 2 is 1.68 bits per heavy atom. The van der Waals surface area contributed by atoms with Crippen LogP contribution in [0.2, 0.25) is 0 Å². The van der Waals surface area contributed by atoms with Crippen LogP contribution in [0.25, 0.3) is 0 Å². The molecule has 1 atom stereocenters. The van der Waals surface area contributed by atoms with Gasteiger partial charge in [0.25, 0.3) is 5.91 Å². The van der Waals surface area contributed by atoms with Crippen molar-refractivity contribution >= 4 is 11.8 Å². The lowest BCUT2D eigenvalue weighted by Gasteiger charge is -2.18. The number of benzene rings is 2. The zero-order valence-electron chi connectivity index (χ0n) is 15.1. The molecule has 0 saturated carbocycles. The molecule has 2 aromatic rings. The Labute approximate surface area is 148 Å². The summed E-state index contributed by atoms with van der Waals surface area (Å²) in [6.45, 7) is 5.75. The van der Waals surface area contributed by atoms with Gasteiger partial charge in [0.15, 0.2) is 0 Å². The van der Waals surface area contributed by atoms with Crippen molar-refractivity contribution in [2.45, 2.75) is 26.8 Å². The van der Waals surface area contributed by atoms with E-state index in [4.69, 9.17) is 4.74 Å². The molecule has 2 amide bonds. The van der Waals surface area contributed by atoms with Gasteiger partial charge < -0.3 is 15.4 Å². The minimum atomic E-state index is -0.268. The second kappa shape index (κ2) is 8.33. The molecular weight excluding hydrogens is 316 g/mol. The summed E-state index contributed by atoms with van der Waals surface area (Å²) in [5, 5.41) is 5.51. The van der Waals surface area contributed by atoms with E-state index in [0.717, 1.165) is 22.4 Å². The Morgan fingerprint density at radius 1 is 1.04 bits per heavy atom. The van der Waals surface area contributed by atoms with E-state index in [1.54, 1.807) is 19.2 Å².